The molecule has 2 aliphatic rings. The highest BCUT2D eigenvalue weighted by Crippen LogP contribution is 2.44. The predicted molar refractivity (Wildman–Crippen MR) is 77.1 cm³/mol. The molecule has 1 amide bonds. The third kappa shape index (κ3) is 3.09. The lowest BCUT2D eigenvalue weighted by molar-refractivity contribution is 0.100. The third-order valence-electron chi connectivity index (χ3n) is 4.54. The van der Waals surface area contributed by atoms with Gasteiger partial charge in [-0.2, -0.15) is 0 Å². The van der Waals surface area contributed by atoms with Gasteiger partial charge in [0.15, 0.2) is 0 Å². The second-order valence-corrected chi connectivity index (χ2v) is 6.05. The second-order valence-electron chi connectivity index (χ2n) is 6.05. The number of primary amides is 1. The van der Waals surface area contributed by atoms with Crippen molar-refractivity contribution in [3.8, 4) is 0 Å². The van der Waals surface area contributed by atoms with Crippen molar-refractivity contribution in [1.29, 1.82) is 0 Å². The maximum Gasteiger partial charge on any atom is 0.248 e. The van der Waals surface area contributed by atoms with E-state index in [0.29, 0.717) is 11.6 Å². The molecule has 1 aromatic carbocycles. The minimum Gasteiger partial charge on any atom is -0.382 e. The van der Waals surface area contributed by atoms with Gasteiger partial charge in [0, 0.05) is 17.3 Å². The Bertz CT molecular complexity index is 450. The molecule has 0 saturated heterocycles. The van der Waals surface area contributed by atoms with Crippen LogP contribution in [0.25, 0.3) is 0 Å². The molecule has 0 radical (unpaired) electrons. The summed E-state index contributed by atoms with van der Waals surface area (Å²) in [6.07, 6.45) is 8.24. The summed E-state index contributed by atoms with van der Waals surface area (Å²) in [6.45, 7) is 0. The van der Waals surface area contributed by atoms with Gasteiger partial charge in [-0.15, -0.1) is 0 Å². The second kappa shape index (κ2) is 5.24. The molecule has 3 heteroatoms. The summed E-state index contributed by atoms with van der Waals surface area (Å²) in [5, 5.41) is 3.61. The minimum absolute atomic E-state index is 0.363. The van der Waals surface area contributed by atoms with E-state index in [9.17, 15) is 4.79 Å². The molecule has 3 rings (SSSR count). The first-order valence-electron chi connectivity index (χ1n) is 7.39. The number of carbonyl (C=O) groups is 1. The Morgan fingerprint density at radius 2 is 1.79 bits per heavy atom. The monoisotopic (exact) mass is 258 g/mol. The van der Waals surface area contributed by atoms with E-state index in [1.165, 1.54) is 38.5 Å². The molecule has 0 heterocycles. The van der Waals surface area contributed by atoms with Gasteiger partial charge >= 0.3 is 0 Å². The summed E-state index contributed by atoms with van der Waals surface area (Å²) in [4.78, 5) is 11.0. The number of hydrogen-bond donors (Lipinski definition) is 2. The van der Waals surface area contributed by atoms with Gasteiger partial charge in [-0.25, -0.2) is 0 Å². The number of rotatable bonds is 4. The van der Waals surface area contributed by atoms with Crippen LogP contribution < -0.4 is 11.1 Å². The van der Waals surface area contributed by atoms with Crippen LogP contribution >= 0.6 is 0 Å². The predicted octanol–water partition coefficient (Wildman–Crippen LogP) is 3.17. The zero-order valence-corrected chi connectivity index (χ0v) is 11.3. The normalized spacial score (nSPS) is 26.9. The summed E-state index contributed by atoms with van der Waals surface area (Å²) in [5.41, 5.74) is 6.92. The van der Waals surface area contributed by atoms with Gasteiger partial charge in [0.05, 0.1) is 0 Å². The summed E-state index contributed by atoms with van der Waals surface area (Å²) in [7, 11) is 0. The maximum absolute atomic E-state index is 11.0. The summed E-state index contributed by atoms with van der Waals surface area (Å²) >= 11 is 0. The fourth-order valence-corrected chi connectivity index (χ4v) is 3.32. The molecule has 3 nitrogen and oxygen atoms in total. The van der Waals surface area contributed by atoms with Crippen LogP contribution in [0.1, 0.15) is 48.9 Å². The van der Waals surface area contributed by atoms with Gasteiger partial charge < -0.3 is 11.1 Å². The Kier molecular flexibility index (Phi) is 3.45. The van der Waals surface area contributed by atoms with Crippen molar-refractivity contribution in [3.63, 3.8) is 0 Å². The lowest BCUT2D eigenvalue weighted by Crippen LogP contribution is -2.28. The number of carbonyl (C=O) groups excluding carboxylic acids is 1. The molecule has 19 heavy (non-hydrogen) atoms. The number of amides is 1. The Morgan fingerprint density at radius 1 is 1.05 bits per heavy atom. The SMILES string of the molecule is NC(=O)c1ccc(NC2CCCC(C3CC3)C2)cc1. The molecule has 0 bridgehead atoms. The van der Waals surface area contributed by atoms with E-state index in [0.717, 1.165) is 17.5 Å². The molecule has 2 atom stereocenters. The van der Waals surface area contributed by atoms with Crippen molar-refractivity contribution in [2.45, 2.75) is 44.6 Å². The van der Waals surface area contributed by atoms with Gasteiger partial charge in [0.25, 0.3) is 0 Å². The topological polar surface area (TPSA) is 55.1 Å². The van der Waals surface area contributed by atoms with Crippen LogP contribution in [0.2, 0.25) is 0 Å². The Morgan fingerprint density at radius 3 is 2.42 bits per heavy atom. The molecule has 2 fully saturated rings. The summed E-state index contributed by atoms with van der Waals surface area (Å²) in [5.74, 6) is 1.59. The lowest BCUT2D eigenvalue weighted by atomic mass is 9.82. The molecule has 0 aromatic heterocycles. The fourth-order valence-electron chi connectivity index (χ4n) is 3.32. The fraction of sp³-hybridized carbons (Fsp3) is 0.562. The first-order chi connectivity index (χ1) is 9.22. The zero-order valence-electron chi connectivity index (χ0n) is 11.3. The van der Waals surface area contributed by atoms with Gasteiger partial charge in [0.1, 0.15) is 0 Å². The smallest absolute Gasteiger partial charge is 0.248 e. The summed E-state index contributed by atoms with van der Waals surface area (Å²) in [6, 6.07) is 8.11. The molecule has 3 N–H and O–H groups in total. The van der Waals surface area contributed by atoms with Crippen molar-refractivity contribution in [2.75, 3.05) is 5.32 Å². The van der Waals surface area contributed by atoms with Crippen molar-refractivity contribution in [1.82, 2.24) is 0 Å². The van der Waals surface area contributed by atoms with Gasteiger partial charge in [-0.3, -0.25) is 4.79 Å². The van der Waals surface area contributed by atoms with E-state index in [2.05, 4.69) is 5.32 Å². The van der Waals surface area contributed by atoms with Crippen LogP contribution in [-0.2, 0) is 0 Å². The zero-order chi connectivity index (χ0) is 13.2. The average Bonchev–Trinajstić information content (AvgIpc) is 3.24. The van der Waals surface area contributed by atoms with Crippen molar-refractivity contribution in [3.05, 3.63) is 29.8 Å². The lowest BCUT2D eigenvalue weighted by Gasteiger charge is -2.30. The van der Waals surface area contributed by atoms with Crippen LogP contribution in [0, 0.1) is 11.8 Å². The molecule has 2 aliphatic carbocycles. The van der Waals surface area contributed by atoms with E-state index in [1.807, 2.05) is 12.1 Å². The Labute approximate surface area is 114 Å². The number of anilines is 1. The standard InChI is InChI=1S/C16H22N2O/c17-16(19)12-6-8-14(9-7-12)18-15-3-1-2-13(10-15)11-4-5-11/h6-9,11,13,15,18H,1-5,10H2,(H2,17,19). The highest BCUT2D eigenvalue weighted by atomic mass is 16.1. The average molecular weight is 258 g/mol. The molecular formula is C16H22N2O. The first-order valence-corrected chi connectivity index (χ1v) is 7.39. The highest BCUT2D eigenvalue weighted by molar-refractivity contribution is 5.93. The maximum atomic E-state index is 11.0. The van der Waals surface area contributed by atoms with Crippen LogP contribution in [-0.4, -0.2) is 11.9 Å². The number of nitrogens with one attached hydrogen (secondary N) is 1. The van der Waals surface area contributed by atoms with E-state index >= 15 is 0 Å². The van der Waals surface area contributed by atoms with Crippen molar-refractivity contribution >= 4 is 11.6 Å². The van der Waals surface area contributed by atoms with Gasteiger partial charge in [-0.1, -0.05) is 12.8 Å². The molecule has 102 valence electrons. The van der Waals surface area contributed by atoms with E-state index < -0.39 is 0 Å². The molecule has 0 spiro atoms. The van der Waals surface area contributed by atoms with E-state index in [4.69, 9.17) is 5.73 Å². The number of hydrogen-bond acceptors (Lipinski definition) is 2. The molecule has 2 unspecified atom stereocenters. The number of benzene rings is 1. The Balaban J connectivity index is 1.59. The van der Waals surface area contributed by atoms with Crippen LogP contribution in [0.15, 0.2) is 24.3 Å². The van der Waals surface area contributed by atoms with Crippen molar-refractivity contribution < 1.29 is 4.79 Å². The minimum atomic E-state index is -0.363. The van der Waals surface area contributed by atoms with Crippen LogP contribution in [0.3, 0.4) is 0 Å². The quantitative estimate of drug-likeness (QED) is 0.871. The van der Waals surface area contributed by atoms with Gasteiger partial charge in [0.2, 0.25) is 5.91 Å². The summed E-state index contributed by atoms with van der Waals surface area (Å²) < 4.78 is 0. The van der Waals surface area contributed by atoms with Crippen LogP contribution in [0.4, 0.5) is 5.69 Å². The van der Waals surface area contributed by atoms with Crippen molar-refractivity contribution in [2.24, 2.45) is 17.6 Å². The number of nitrogens with two attached hydrogens (primary N) is 1. The van der Waals surface area contributed by atoms with Crippen LogP contribution in [0.5, 0.6) is 0 Å². The molecular weight excluding hydrogens is 236 g/mol. The highest BCUT2D eigenvalue weighted by Gasteiger charge is 2.34. The molecule has 2 saturated carbocycles. The molecule has 0 aliphatic heterocycles. The largest absolute Gasteiger partial charge is 0.382 e. The Hall–Kier alpha value is -1.51. The third-order valence-corrected chi connectivity index (χ3v) is 4.54. The first kappa shape index (κ1) is 12.5. The molecule has 1 aromatic rings. The van der Waals surface area contributed by atoms with E-state index in [1.54, 1.807) is 12.1 Å². The van der Waals surface area contributed by atoms with Gasteiger partial charge in [-0.05, 0) is 61.8 Å². The van der Waals surface area contributed by atoms with E-state index in [-0.39, 0.29) is 5.91 Å².